The van der Waals surface area contributed by atoms with E-state index < -0.39 is 0 Å². The zero-order chi connectivity index (χ0) is 12.1. The number of nitrogens with one attached hydrogen (secondary N) is 2. The lowest BCUT2D eigenvalue weighted by Crippen LogP contribution is -2.48. The molecule has 2 fully saturated rings. The molecule has 98 valence electrons. The first kappa shape index (κ1) is 12.9. The van der Waals surface area contributed by atoms with Gasteiger partial charge < -0.3 is 10.6 Å². The molecule has 0 atom stereocenters. The van der Waals surface area contributed by atoms with Crippen LogP contribution in [0.2, 0.25) is 0 Å². The largest absolute Gasteiger partial charge is 0.356 e. The van der Waals surface area contributed by atoms with Crippen LogP contribution in [0.25, 0.3) is 0 Å². The van der Waals surface area contributed by atoms with E-state index in [1.54, 1.807) is 0 Å². The number of hydrogen-bond acceptors (Lipinski definition) is 2. The van der Waals surface area contributed by atoms with Gasteiger partial charge in [-0.25, -0.2) is 0 Å². The maximum atomic E-state index is 11.9. The van der Waals surface area contributed by atoms with Gasteiger partial charge in [-0.05, 0) is 32.2 Å². The molecule has 3 nitrogen and oxygen atoms in total. The summed E-state index contributed by atoms with van der Waals surface area (Å²) < 4.78 is 0. The molecule has 0 aromatic rings. The van der Waals surface area contributed by atoms with Gasteiger partial charge in [0.1, 0.15) is 0 Å². The van der Waals surface area contributed by atoms with E-state index in [2.05, 4.69) is 10.6 Å². The molecule has 3 heteroatoms. The van der Waals surface area contributed by atoms with Crippen molar-refractivity contribution in [3.63, 3.8) is 0 Å². The highest BCUT2D eigenvalue weighted by atomic mass is 16.1. The molecule has 1 amide bonds. The topological polar surface area (TPSA) is 41.1 Å². The second-order valence-electron chi connectivity index (χ2n) is 5.85. The number of hydrogen-bond donors (Lipinski definition) is 2. The fraction of sp³-hybridized carbons (Fsp3) is 0.929. The monoisotopic (exact) mass is 238 g/mol. The van der Waals surface area contributed by atoms with Crippen LogP contribution in [0.1, 0.15) is 57.8 Å². The van der Waals surface area contributed by atoms with E-state index in [4.69, 9.17) is 0 Å². The summed E-state index contributed by atoms with van der Waals surface area (Å²) in [4.78, 5) is 11.9. The van der Waals surface area contributed by atoms with Gasteiger partial charge in [-0.15, -0.1) is 0 Å². The maximum Gasteiger partial charge on any atom is 0.221 e. The zero-order valence-electron chi connectivity index (χ0n) is 11.1. The van der Waals surface area contributed by atoms with Crippen molar-refractivity contribution in [1.82, 2.24) is 10.6 Å². The second kappa shape index (κ2) is 5.85. The van der Waals surface area contributed by atoms with Gasteiger partial charge in [-0.1, -0.05) is 32.1 Å². The molecule has 0 aromatic carbocycles. The molecular formula is C14H26N2O. The quantitative estimate of drug-likeness (QED) is 0.745. The highest BCUT2D eigenvalue weighted by Gasteiger charge is 2.32. The molecule has 0 aliphatic heterocycles. The van der Waals surface area contributed by atoms with Crippen molar-refractivity contribution in [1.29, 1.82) is 0 Å². The normalized spacial score (nSPS) is 23.4. The van der Waals surface area contributed by atoms with Crippen LogP contribution in [0.4, 0.5) is 0 Å². The van der Waals surface area contributed by atoms with Crippen LogP contribution in [0, 0.1) is 5.92 Å². The molecule has 2 aliphatic carbocycles. The van der Waals surface area contributed by atoms with Gasteiger partial charge >= 0.3 is 0 Å². The molecule has 0 unspecified atom stereocenters. The van der Waals surface area contributed by atoms with Crippen molar-refractivity contribution in [3.8, 4) is 0 Å². The minimum atomic E-state index is 0.0852. The van der Waals surface area contributed by atoms with Gasteiger partial charge in [0.05, 0.1) is 0 Å². The Morgan fingerprint density at radius 3 is 2.53 bits per heavy atom. The Labute approximate surface area is 105 Å². The number of amides is 1. The summed E-state index contributed by atoms with van der Waals surface area (Å²) >= 11 is 0. The lowest BCUT2D eigenvalue weighted by Gasteiger charge is -2.36. The Morgan fingerprint density at radius 2 is 1.94 bits per heavy atom. The van der Waals surface area contributed by atoms with E-state index >= 15 is 0 Å². The van der Waals surface area contributed by atoms with Crippen molar-refractivity contribution in [3.05, 3.63) is 0 Å². The zero-order valence-corrected chi connectivity index (χ0v) is 11.1. The Kier molecular flexibility index (Phi) is 4.43. The first-order chi connectivity index (χ1) is 8.24. The summed E-state index contributed by atoms with van der Waals surface area (Å²) in [5, 5.41) is 6.48. The molecule has 0 heterocycles. The predicted molar refractivity (Wildman–Crippen MR) is 69.8 cm³/mol. The first-order valence-corrected chi connectivity index (χ1v) is 7.20. The van der Waals surface area contributed by atoms with Crippen LogP contribution in [0.3, 0.4) is 0 Å². The van der Waals surface area contributed by atoms with Crippen LogP contribution in [-0.2, 0) is 4.79 Å². The smallest absolute Gasteiger partial charge is 0.221 e. The molecule has 0 spiro atoms. The second-order valence-corrected chi connectivity index (χ2v) is 5.85. The molecule has 0 bridgehead atoms. The number of carbonyl (C=O) groups excluding carboxylic acids is 1. The van der Waals surface area contributed by atoms with Crippen LogP contribution < -0.4 is 10.6 Å². The van der Waals surface area contributed by atoms with Crippen molar-refractivity contribution in [2.24, 2.45) is 5.92 Å². The van der Waals surface area contributed by atoms with Crippen molar-refractivity contribution in [2.75, 3.05) is 13.6 Å². The van der Waals surface area contributed by atoms with Gasteiger partial charge in [0.15, 0.2) is 0 Å². The summed E-state index contributed by atoms with van der Waals surface area (Å²) in [6, 6.07) is 0. The fourth-order valence-electron chi connectivity index (χ4n) is 2.94. The maximum absolute atomic E-state index is 11.9. The Morgan fingerprint density at radius 1 is 1.24 bits per heavy atom. The molecule has 0 radical (unpaired) electrons. The number of carbonyl (C=O) groups is 1. The van der Waals surface area contributed by atoms with E-state index in [-0.39, 0.29) is 11.4 Å². The summed E-state index contributed by atoms with van der Waals surface area (Å²) in [6.45, 7) is 0.878. The molecule has 2 aliphatic rings. The molecule has 2 N–H and O–H groups in total. The van der Waals surface area contributed by atoms with Gasteiger partial charge in [0.25, 0.3) is 0 Å². The summed E-state index contributed by atoms with van der Waals surface area (Å²) in [5.74, 6) is 1.14. The van der Waals surface area contributed by atoms with Gasteiger partial charge in [-0.2, -0.15) is 0 Å². The van der Waals surface area contributed by atoms with Crippen molar-refractivity contribution < 1.29 is 4.79 Å². The van der Waals surface area contributed by atoms with Crippen molar-refractivity contribution in [2.45, 2.75) is 63.3 Å². The minimum Gasteiger partial charge on any atom is -0.356 e. The average molecular weight is 238 g/mol. The third-order valence-corrected chi connectivity index (χ3v) is 4.41. The molecule has 2 rings (SSSR count). The molecule has 0 saturated heterocycles. The van der Waals surface area contributed by atoms with E-state index in [0.29, 0.717) is 6.42 Å². The third kappa shape index (κ3) is 3.98. The Hall–Kier alpha value is -0.570. The highest BCUT2D eigenvalue weighted by molar-refractivity contribution is 5.77. The van der Waals surface area contributed by atoms with Gasteiger partial charge in [0, 0.05) is 18.5 Å². The van der Waals surface area contributed by atoms with Crippen LogP contribution in [-0.4, -0.2) is 25.0 Å². The minimum absolute atomic E-state index is 0.0852. The van der Waals surface area contributed by atoms with E-state index in [9.17, 15) is 4.79 Å². The van der Waals surface area contributed by atoms with E-state index in [0.717, 1.165) is 25.3 Å². The highest BCUT2D eigenvalue weighted by Crippen LogP contribution is 2.32. The SMILES string of the molecule is CNC1(CC(=O)NCCC2CC2)CCCCC1. The van der Waals surface area contributed by atoms with Crippen LogP contribution in [0.5, 0.6) is 0 Å². The van der Waals surface area contributed by atoms with E-state index in [1.807, 2.05) is 7.05 Å². The van der Waals surface area contributed by atoms with Crippen LogP contribution >= 0.6 is 0 Å². The Bertz CT molecular complexity index is 255. The lowest BCUT2D eigenvalue weighted by atomic mass is 9.79. The molecule has 17 heavy (non-hydrogen) atoms. The fourth-order valence-corrected chi connectivity index (χ4v) is 2.94. The molecular weight excluding hydrogens is 212 g/mol. The molecule has 2 saturated carbocycles. The first-order valence-electron chi connectivity index (χ1n) is 7.20. The Balaban J connectivity index is 1.70. The number of rotatable bonds is 6. The molecule has 0 aromatic heterocycles. The summed E-state index contributed by atoms with van der Waals surface area (Å²) in [5.41, 5.74) is 0.0852. The standard InChI is InChI=1S/C14H26N2O/c1-15-14(8-3-2-4-9-14)11-13(17)16-10-7-12-5-6-12/h12,15H,2-11H2,1H3,(H,16,17). The lowest BCUT2D eigenvalue weighted by molar-refractivity contribution is -0.122. The van der Waals surface area contributed by atoms with Gasteiger partial charge in [0.2, 0.25) is 5.91 Å². The van der Waals surface area contributed by atoms with Crippen molar-refractivity contribution >= 4 is 5.91 Å². The van der Waals surface area contributed by atoms with E-state index in [1.165, 1.54) is 38.5 Å². The van der Waals surface area contributed by atoms with Gasteiger partial charge in [-0.3, -0.25) is 4.79 Å². The summed E-state index contributed by atoms with van der Waals surface area (Å²) in [6.07, 6.45) is 10.7. The average Bonchev–Trinajstić information content (AvgIpc) is 3.14. The summed E-state index contributed by atoms with van der Waals surface area (Å²) in [7, 11) is 2.00. The van der Waals surface area contributed by atoms with Crippen LogP contribution in [0.15, 0.2) is 0 Å². The third-order valence-electron chi connectivity index (χ3n) is 4.41. The predicted octanol–water partition coefficient (Wildman–Crippen LogP) is 2.22.